The molecule has 2 atom stereocenters. The van der Waals surface area contributed by atoms with Gasteiger partial charge in [-0.2, -0.15) is 0 Å². The van der Waals surface area contributed by atoms with Crippen molar-refractivity contribution in [2.45, 2.75) is 39.2 Å². The summed E-state index contributed by atoms with van der Waals surface area (Å²) >= 11 is 1.74. The fourth-order valence-electron chi connectivity index (χ4n) is 2.61. The van der Waals surface area contributed by atoms with E-state index in [9.17, 15) is 9.59 Å². The van der Waals surface area contributed by atoms with Crippen LogP contribution in [0.2, 0.25) is 0 Å². The third kappa shape index (κ3) is 4.46. The number of aliphatic carboxylic acids is 1. The number of carbonyl (C=O) groups excluding carboxylic acids is 1. The normalized spacial score (nSPS) is 20.1. The summed E-state index contributed by atoms with van der Waals surface area (Å²) in [6.45, 7) is 5.00. The zero-order valence-corrected chi connectivity index (χ0v) is 13.3. The Kier molecular flexibility index (Phi) is 5.22. The van der Waals surface area contributed by atoms with Crippen molar-refractivity contribution >= 4 is 23.3 Å². The van der Waals surface area contributed by atoms with E-state index in [0.717, 1.165) is 12.8 Å². The zero-order chi connectivity index (χ0) is 15.4. The van der Waals surface area contributed by atoms with Crippen molar-refractivity contribution in [2.24, 2.45) is 5.92 Å². The number of aryl methyl sites for hydroxylation is 1. The van der Waals surface area contributed by atoms with Gasteiger partial charge in [-0.1, -0.05) is 0 Å². The lowest BCUT2D eigenvalue weighted by Crippen LogP contribution is -2.49. The second-order valence-corrected chi connectivity index (χ2v) is 7.06. The summed E-state index contributed by atoms with van der Waals surface area (Å²) in [6, 6.07) is 4.06. The molecule has 2 heterocycles. The van der Waals surface area contributed by atoms with Gasteiger partial charge in [-0.25, -0.2) is 4.79 Å². The number of nitrogens with one attached hydrogen (secondary N) is 1. The largest absolute Gasteiger partial charge is 0.481 e. The molecule has 1 aliphatic rings. The number of hydrogen-bond donors (Lipinski definition) is 2. The van der Waals surface area contributed by atoms with E-state index in [-0.39, 0.29) is 12.1 Å². The Morgan fingerprint density at radius 1 is 1.52 bits per heavy atom. The fourth-order valence-corrected chi connectivity index (χ4v) is 3.63. The minimum atomic E-state index is -0.811. The first-order valence-electron chi connectivity index (χ1n) is 7.29. The van der Waals surface area contributed by atoms with Gasteiger partial charge in [-0.05, 0) is 38.8 Å². The molecule has 6 heteroatoms. The monoisotopic (exact) mass is 310 g/mol. The van der Waals surface area contributed by atoms with Gasteiger partial charge >= 0.3 is 12.0 Å². The number of rotatable bonds is 4. The summed E-state index contributed by atoms with van der Waals surface area (Å²) in [4.78, 5) is 27.4. The minimum Gasteiger partial charge on any atom is -0.481 e. The number of piperidine rings is 1. The van der Waals surface area contributed by atoms with Crippen LogP contribution in [0.4, 0.5) is 4.79 Å². The highest BCUT2D eigenvalue weighted by molar-refractivity contribution is 7.11. The van der Waals surface area contributed by atoms with Crippen LogP contribution in [0.3, 0.4) is 0 Å². The van der Waals surface area contributed by atoms with E-state index in [1.54, 1.807) is 16.2 Å². The molecule has 0 saturated carbocycles. The van der Waals surface area contributed by atoms with Gasteiger partial charge < -0.3 is 15.3 Å². The van der Waals surface area contributed by atoms with Crippen LogP contribution in [-0.4, -0.2) is 41.1 Å². The molecule has 1 unspecified atom stereocenters. The third-order valence-corrected chi connectivity index (χ3v) is 4.75. The van der Waals surface area contributed by atoms with Gasteiger partial charge in [0, 0.05) is 35.3 Å². The summed E-state index contributed by atoms with van der Waals surface area (Å²) in [5.74, 6) is -1.24. The number of carbonyl (C=O) groups is 2. The predicted octanol–water partition coefficient (Wildman–Crippen LogP) is 2.49. The van der Waals surface area contributed by atoms with E-state index in [1.807, 2.05) is 6.92 Å². The Hall–Kier alpha value is -1.56. The lowest BCUT2D eigenvalue weighted by Gasteiger charge is -2.31. The maximum atomic E-state index is 12.2. The Balaban J connectivity index is 1.84. The van der Waals surface area contributed by atoms with Gasteiger partial charge in [0.2, 0.25) is 0 Å². The van der Waals surface area contributed by atoms with Crippen LogP contribution >= 0.6 is 11.3 Å². The number of carboxylic acids is 1. The van der Waals surface area contributed by atoms with E-state index in [1.165, 1.54) is 9.75 Å². The Labute approximate surface area is 129 Å². The summed E-state index contributed by atoms with van der Waals surface area (Å²) < 4.78 is 0. The summed E-state index contributed by atoms with van der Waals surface area (Å²) in [7, 11) is 0. The first kappa shape index (κ1) is 15.8. The second-order valence-electron chi connectivity index (χ2n) is 5.69. The number of amides is 2. The molecule has 1 aromatic rings. The maximum absolute atomic E-state index is 12.2. The number of carboxylic acid groups (broad SMARTS) is 1. The molecule has 2 amide bonds. The standard InChI is InChI=1S/C15H22N2O3S/c1-10(8-13-6-5-11(2)21-13)16-15(20)17-7-3-4-12(9-17)14(18)19/h5-6,10,12H,3-4,7-9H2,1-2H3,(H,16,20)(H,18,19)/t10?,12-/m1/s1. The number of nitrogens with zero attached hydrogens (tertiary/aromatic N) is 1. The highest BCUT2D eigenvalue weighted by atomic mass is 32.1. The van der Waals surface area contributed by atoms with Crippen LogP contribution in [0.1, 0.15) is 29.5 Å². The average molecular weight is 310 g/mol. The molecule has 0 radical (unpaired) electrons. The van der Waals surface area contributed by atoms with Crippen LogP contribution < -0.4 is 5.32 Å². The van der Waals surface area contributed by atoms with Crippen LogP contribution in [0.5, 0.6) is 0 Å². The van der Waals surface area contributed by atoms with Gasteiger partial charge in [-0.15, -0.1) is 11.3 Å². The molecule has 1 aromatic heterocycles. The van der Waals surface area contributed by atoms with Crippen molar-refractivity contribution in [1.29, 1.82) is 0 Å². The highest BCUT2D eigenvalue weighted by Gasteiger charge is 2.28. The van der Waals surface area contributed by atoms with E-state index in [2.05, 4.69) is 24.4 Å². The van der Waals surface area contributed by atoms with Crippen molar-refractivity contribution in [3.63, 3.8) is 0 Å². The van der Waals surface area contributed by atoms with Crippen LogP contribution in [0.15, 0.2) is 12.1 Å². The highest BCUT2D eigenvalue weighted by Crippen LogP contribution is 2.18. The van der Waals surface area contributed by atoms with Gasteiger partial charge in [0.15, 0.2) is 0 Å². The van der Waals surface area contributed by atoms with E-state index >= 15 is 0 Å². The molecule has 0 aromatic carbocycles. The number of thiophene rings is 1. The quantitative estimate of drug-likeness (QED) is 0.897. The molecule has 1 fully saturated rings. The van der Waals surface area contributed by atoms with Crippen molar-refractivity contribution < 1.29 is 14.7 Å². The summed E-state index contributed by atoms with van der Waals surface area (Å²) in [5.41, 5.74) is 0. The van der Waals surface area contributed by atoms with Crippen LogP contribution in [0.25, 0.3) is 0 Å². The van der Waals surface area contributed by atoms with Crippen molar-refractivity contribution in [3.8, 4) is 0 Å². The Morgan fingerprint density at radius 3 is 2.90 bits per heavy atom. The molecule has 116 valence electrons. The molecular weight excluding hydrogens is 288 g/mol. The first-order chi connectivity index (χ1) is 9.95. The Morgan fingerprint density at radius 2 is 2.29 bits per heavy atom. The van der Waals surface area contributed by atoms with Crippen LogP contribution in [0, 0.1) is 12.8 Å². The molecule has 2 rings (SSSR count). The molecular formula is C15H22N2O3S. The zero-order valence-electron chi connectivity index (χ0n) is 12.5. The van der Waals surface area contributed by atoms with E-state index in [0.29, 0.717) is 19.5 Å². The smallest absolute Gasteiger partial charge is 0.317 e. The third-order valence-electron chi connectivity index (χ3n) is 3.73. The molecule has 0 bridgehead atoms. The molecule has 5 nitrogen and oxygen atoms in total. The van der Waals surface area contributed by atoms with Crippen molar-refractivity contribution in [1.82, 2.24) is 10.2 Å². The maximum Gasteiger partial charge on any atom is 0.317 e. The van der Waals surface area contributed by atoms with Gasteiger partial charge in [-0.3, -0.25) is 4.79 Å². The SMILES string of the molecule is Cc1ccc(CC(C)NC(=O)N2CCC[C@@H](C(=O)O)C2)s1. The lowest BCUT2D eigenvalue weighted by atomic mass is 9.99. The van der Waals surface area contributed by atoms with Gasteiger partial charge in [0.05, 0.1) is 5.92 Å². The lowest BCUT2D eigenvalue weighted by molar-refractivity contribution is -0.143. The van der Waals surface area contributed by atoms with Crippen molar-refractivity contribution in [3.05, 3.63) is 21.9 Å². The molecule has 1 aliphatic heterocycles. The number of hydrogen-bond acceptors (Lipinski definition) is 3. The number of urea groups is 1. The second kappa shape index (κ2) is 6.93. The van der Waals surface area contributed by atoms with Gasteiger partial charge in [0.25, 0.3) is 0 Å². The average Bonchev–Trinajstić information content (AvgIpc) is 2.83. The molecule has 0 aliphatic carbocycles. The topological polar surface area (TPSA) is 69.6 Å². The fraction of sp³-hybridized carbons (Fsp3) is 0.600. The van der Waals surface area contributed by atoms with Gasteiger partial charge in [0.1, 0.15) is 0 Å². The number of likely N-dealkylation sites (tertiary alicyclic amines) is 1. The minimum absolute atomic E-state index is 0.0424. The molecule has 1 saturated heterocycles. The molecule has 0 spiro atoms. The van der Waals surface area contributed by atoms with E-state index in [4.69, 9.17) is 5.11 Å². The van der Waals surface area contributed by atoms with Crippen LogP contribution in [-0.2, 0) is 11.2 Å². The van der Waals surface area contributed by atoms with E-state index < -0.39 is 11.9 Å². The molecule has 21 heavy (non-hydrogen) atoms. The molecule has 2 N–H and O–H groups in total. The summed E-state index contributed by atoms with van der Waals surface area (Å²) in [6.07, 6.45) is 2.21. The Bertz CT molecular complexity index is 515. The first-order valence-corrected chi connectivity index (χ1v) is 8.11. The summed E-state index contributed by atoms with van der Waals surface area (Å²) in [5, 5.41) is 12.0. The van der Waals surface area contributed by atoms with Crippen molar-refractivity contribution in [2.75, 3.05) is 13.1 Å². The predicted molar refractivity (Wildman–Crippen MR) is 82.7 cm³/mol.